The summed E-state index contributed by atoms with van der Waals surface area (Å²) in [7, 11) is 1.62. The van der Waals surface area contributed by atoms with Gasteiger partial charge >= 0.3 is 0 Å². The molecule has 2 heteroatoms. The van der Waals surface area contributed by atoms with E-state index in [1.54, 1.807) is 7.11 Å². The van der Waals surface area contributed by atoms with Crippen molar-refractivity contribution >= 4 is 5.78 Å². The average molecular weight is 254 g/mol. The summed E-state index contributed by atoms with van der Waals surface area (Å²) in [5, 5.41) is 0. The van der Waals surface area contributed by atoms with Crippen LogP contribution in [0.3, 0.4) is 0 Å². The molecular weight excluding hydrogens is 236 g/mol. The second-order valence-corrected chi connectivity index (χ2v) is 4.46. The molecule has 0 N–H and O–H groups in total. The van der Waals surface area contributed by atoms with E-state index < -0.39 is 0 Å². The largest absolute Gasteiger partial charge is 0.496 e. The van der Waals surface area contributed by atoms with Crippen LogP contribution in [0.4, 0.5) is 0 Å². The summed E-state index contributed by atoms with van der Waals surface area (Å²) in [6.07, 6.45) is 1.36. The van der Waals surface area contributed by atoms with Crippen molar-refractivity contribution in [3.63, 3.8) is 0 Å². The van der Waals surface area contributed by atoms with Gasteiger partial charge in [-0.2, -0.15) is 0 Å². The number of rotatable bonds is 5. The molecule has 0 fully saturated rings. The van der Waals surface area contributed by atoms with Crippen LogP contribution < -0.4 is 4.74 Å². The van der Waals surface area contributed by atoms with Gasteiger partial charge in [-0.1, -0.05) is 49.4 Å². The Morgan fingerprint density at radius 3 is 2.37 bits per heavy atom. The molecule has 0 aliphatic heterocycles. The SMILES string of the molecule is CCc1ccc(C(=O)Cc2ccccc2OC)cc1. The van der Waals surface area contributed by atoms with Crippen LogP contribution in [0, 0.1) is 0 Å². The van der Waals surface area contributed by atoms with Gasteiger partial charge in [0, 0.05) is 17.5 Å². The molecule has 0 aliphatic carbocycles. The van der Waals surface area contributed by atoms with Gasteiger partial charge in [-0.15, -0.1) is 0 Å². The van der Waals surface area contributed by atoms with Crippen molar-refractivity contribution in [2.24, 2.45) is 0 Å². The second kappa shape index (κ2) is 6.19. The zero-order valence-corrected chi connectivity index (χ0v) is 11.3. The maximum atomic E-state index is 12.2. The van der Waals surface area contributed by atoms with E-state index >= 15 is 0 Å². The lowest BCUT2D eigenvalue weighted by Gasteiger charge is -2.07. The molecule has 0 aromatic heterocycles. The first-order valence-electron chi connectivity index (χ1n) is 6.48. The van der Waals surface area contributed by atoms with Crippen molar-refractivity contribution in [1.29, 1.82) is 0 Å². The zero-order valence-electron chi connectivity index (χ0n) is 11.3. The molecule has 0 unspecified atom stereocenters. The van der Waals surface area contributed by atoms with Crippen LogP contribution in [0.5, 0.6) is 5.75 Å². The molecule has 98 valence electrons. The van der Waals surface area contributed by atoms with E-state index in [1.807, 2.05) is 48.5 Å². The van der Waals surface area contributed by atoms with Gasteiger partial charge in [-0.05, 0) is 18.1 Å². The molecule has 2 nitrogen and oxygen atoms in total. The third kappa shape index (κ3) is 3.22. The van der Waals surface area contributed by atoms with Crippen LogP contribution in [-0.2, 0) is 12.8 Å². The summed E-state index contributed by atoms with van der Waals surface area (Å²) in [6, 6.07) is 15.5. The molecule has 19 heavy (non-hydrogen) atoms. The predicted molar refractivity (Wildman–Crippen MR) is 76.8 cm³/mol. The van der Waals surface area contributed by atoms with E-state index in [4.69, 9.17) is 4.74 Å². The fourth-order valence-electron chi connectivity index (χ4n) is 2.05. The summed E-state index contributed by atoms with van der Waals surface area (Å²) in [5.41, 5.74) is 2.92. The van der Waals surface area contributed by atoms with Crippen LogP contribution in [0.2, 0.25) is 0 Å². The second-order valence-electron chi connectivity index (χ2n) is 4.46. The summed E-state index contributed by atoms with van der Waals surface area (Å²) in [6.45, 7) is 2.10. The number of ether oxygens (including phenoxy) is 1. The maximum Gasteiger partial charge on any atom is 0.167 e. The fraction of sp³-hybridized carbons (Fsp3) is 0.235. The summed E-state index contributed by atoms with van der Waals surface area (Å²) >= 11 is 0. The Balaban J connectivity index is 2.16. The van der Waals surface area contributed by atoms with Crippen molar-refractivity contribution in [2.45, 2.75) is 19.8 Å². The van der Waals surface area contributed by atoms with E-state index in [0.29, 0.717) is 6.42 Å². The number of carbonyl (C=O) groups is 1. The lowest BCUT2D eigenvalue weighted by molar-refractivity contribution is 0.0992. The minimum atomic E-state index is 0.118. The Morgan fingerprint density at radius 2 is 1.74 bits per heavy atom. The summed E-state index contributed by atoms with van der Waals surface area (Å²) in [4.78, 5) is 12.2. The molecule has 0 saturated carbocycles. The number of hydrogen-bond donors (Lipinski definition) is 0. The Kier molecular flexibility index (Phi) is 4.35. The summed E-state index contributed by atoms with van der Waals surface area (Å²) in [5.74, 6) is 0.883. The molecule has 0 atom stereocenters. The first-order chi connectivity index (χ1) is 9.24. The number of ketones is 1. The van der Waals surface area contributed by atoms with Gasteiger partial charge in [-0.25, -0.2) is 0 Å². The number of methoxy groups -OCH3 is 1. The predicted octanol–water partition coefficient (Wildman–Crippen LogP) is 3.68. The van der Waals surface area contributed by atoms with E-state index in [1.165, 1.54) is 5.56 Å². The molecule has 0 radical (unpaired) electrons. The lowest BCUT2D eigenvalue weighted by atomic mass is 10.0. The molecule has 0 bridgehead atoms. The number of hydrogen-bond acceptors (Lipinski definition) is 2. The van der Waals surface area contributed by atoms with Gasteiger partial charge < -0.3 is 4.74 Å². The van der Waals surface area contributed by atoms with Crippen molar-refractivity contribution in [3.05, 3.63) is 65.2 Å². The van der Waals surface area contributed by atoms with E-state index in [0.717, 1.165) is 23.3 Å². The van der Waals surface area contributed by atoms with Crippen LogP contribution in [0.25, 0.3) is 0 Å². The van der Waals surface area contributed by atoms with Gasteiger partial charge in [0.15, 0.2) is 5.78 Å². The van der Waals surface area contributed by atoms with Gasteiger partial charge in [0.2, 0.25) is 0 Å². The summed E-state index contributed by atoms with van der Waals surface area (Å²) < 4.78 is 5.27. The van der Waals surface area contributed by atoms with Gasteiger partial charge in [-0.3, -0.25) is 4.79 Å². The Morgan fingerprint density at radius 1 is 1.05 bits per heavy atom. The van der Waals surface area contributed by atoms with Crippen LogP contribution >= 0.6 is 0 Å². The van der Waals surface area contributed by atoms with Crippen molar-refractivity contribution in [3.8, 4) is 5.75 Å². The highest BCUT2D eigenvalue weighted by Crippen LogP contribution is 2.19. The lowest BCUT2D eigenvalue weighted by Crippen LogP contribution is -2.05. The number of para-hydroxylation sites is 1. The minimum Gasteiger partial charge on any atom is -0.496 e. The molecule has 0 heterocycles. The van der Waals surface area contributed by atoms with Crippen molar-refractivity contribution in [1.82, 2.24) is 0 Å². The van der Waals surface area contributed by atoms with Crippen LogP contribution in [-0.4, -0.2) is 12.9 Å². The Bertz CT molecular complexity index is 556. The number of carbonyl (C=O) groups excluding carboxylic acids is 1. The molecule has 0 saturated heterocycles. The Hall–Kier alpha value is -2.09. The molecule has 2 aromatic carbocycles. The normalized spacial score (nSPS) is 10.2. The number of aryl methyl sites for hydroxylation is 1. The smallest absolute Gasteiger partial charge is 0.167 e. The minimum absolute atomic E-state index is 0.118. The Labute approximate surface area is 114 Å². The quantitative estimate of drug-likeness (QED) is 0.761. The number of Topliss-reactive ketones (excluding diaryl/α,β-unsaturated/α-hetero) is 1. The molecule has 2 aromatic rings. The van der Waals surface area contributed by atoms with E-state index in [2.05, 4.69) is 6.92 Å². The third-order valence-electron chi connectivity index (χ3n) is 3.23. The van der Waals surface area contributed by atoms with E-state index in [9.17, 15) is 4.79 Å². The average Bonchev–Trinajstić information content (AvgIpc) is 2.48. The van der Waals surface area contributed by atoms with Crippen LogP contribution in [0.15, 0.2) is 48.5 Å². The highest BCUT2D eigenvalue weighted by Gasteiger charge is 2.10. The monoisotopic (exact) mass is 254 g/mol. The molecule has 0 aliphatic rings. The first-order valence-corrected chi connectivity index (χ1v) is 6.48. The highest BCUT2D eigenvalue weighted by atomic mass is 16.5. The van der Waals surface area contributed by atoms with Crippen molar-refractivity contribution < 1.29 is 9.53 Å². The number of benzene rings is 2. The van der Waals surface area contributed by atoms with Crippen LogP contribution in [0.1, 0.15) is 28.4 Å². The van der Waals surface area contributed by atoms with Gasteiger partial charge in [0.05, 0.1) is 7.11 Å². The van der Waals surface area contributed by atoms with E-state index in [-0.39, 0.29) is 5.78 Å². The molecular formula is C17H18O2. The third-order valence-corrected chi connectivity index (χ3v) is 3.23. The zero-order chi connectivity index (χ0) is 13.7. The molecule has 0 amide bonds. The first kappa shape index (κ1) is 13.3. The topological polar surface area (TPSA) is 26.3 Å². The molecule has 2 rings (SSSR count). The van der Waals surface area contributed by atoms with Gasteiger partial charge in [0.25, 0.3) is 0 Å². The maximum absolute atomic E-state index is 12.2. The van der Waals surface area contributed by atoms with Crippen molar-refractivity contribution in [2.75, 3.05) is 7.11 Å². The fourth-order valence-corrected chi connectivity index (χ4v) is 2.05. The molecule has 0 spiro atoms. The highest BCUT2D eigenvalue weighted by molar-refractivity contribution is 5.97. The standard InChI is InChI=1S/C17H18O2/c1-3-13-8-10-14(11-9-13)16(18)12-15-6-4-5-7-17(15)19-2/h4-11H,3,12H2,1-2H3. The van der Waals surface area contributed by atoms with Gasteiger partial charge in [0.1, 0.15) is 5.75 Å².